The van der Waals surface area contributed by atoms with E-state index in [9.17, 15) is 5.11 Å². The van der Waals surface area contributed by atoms with E-state index in [-0.39, 0.29) is 18.1 Å². The molecule has 2 aliphatic rings. The monoisotopic (exact) mass is 182 g/mol. The van der Waals surface area contributed by atoms with Gasteiger partial charge in [0.25, 0.3) is 0 Å². The Kier molecular flexibility index (Phi) is 2.43. The van der Waals surface area contributed by atoms with Crippen LogP contribution in [0.15, 0.2) is 12.7 Å². The topological polar surface area (TPSA) is 29.5 Å². The van der Waals surface area contributed by atoms with Gasteiger partial charge in [-0.05, 0) is 12.8 Å². The standard InChI is InChI=1S/C11H18O2/c1-2-10-9(7-12)8-13-11(10)5-3-4-6-11/h2,9-10,12H,1,3-8H2. The van der Waals surface area contributed by atoms with Gasteiger partial charge in [0.05, 0.1) is 12.2 Å². The maximum atomic E-state index is 9.18. The van der Waals surface area contributed by atoms with Crippen molar-refractivity contribution in [2.24, 2.45) is 11.8 Å². The Balaban J connectivity index is 2.16. The van der Waals surface area contributed by atoms with Gasteiger partial charge in [0.2, 0.25) is 0 Å². The van der Waals surface area contributed by atoms with Crippen LogP contribution in [0.5, 0.6) is 0 Å². The first-order chi connectivity index (χ1) is 6.32. The molecular formula is C11H18O2. The molecule has 1 N–H and O–H groups in total. The van der Waals surface area contributed by atoms with Crippen molar-refractivity contribution in [1.82, 2.24) is 0 Å². The van der Waals surface area contributed by atoms with Crippen molar-refractivity contribution in [2.45, 2.75) is 31.3 Å². The lowest BCUT2D eigenvalue weighted by Crippen LogP contribution is -2.33. The molecule has 0 aromatic carbocycles. The van der Waals surface area contributed by atoms with Gasteiger partial charge in [-0.25, -0.2) is 0 Å². The molecule has 2 rings (SSSR count). The van der Waals surface area contributed by atoms with E-state index in [1.807, 2.05) is 6.08 Å². The van der Waals surface area contributed by atoms with Crippen molar-refractivity contribution in [1.29, 1.82) is 0 Å². The molecule has 0 aromatic rings. The van der Waals surface area contributed by atoms with E-state index in [1.165, 1.54) is 12.8 Å². The molecule has 13 heavy (non-hydrogen) atoms. The van der Waals surface area contributed by atoms with Crippen LogP contribution in [0.2, 0.25) is 0 Å². The minimum absolute atomic E-state index is 0.0507. The number of hydrogen-bond acceptors (Lipinski definition) is 2. The van der Waals surface area contributed by atoms with E-state index in [0.717, 1.165) is 12.8 Å². The zero-order chi connectivity index (χ0) is 9.31. The first kappa shape index (κ1) is 9.22. The fraction of sp³-hybridized carbons (Fsp3) is 0.818. The number of rotatable bonds is 2. The van der Waals surface area contributed by atoms with Gasteiger partial charge < -0.3 is 9.84 Å². The molecule has 2 nitrogen and oxygen atoms in total. The summed E-state index contributed by atoms with van der Waals surface area (Å²) in [5.41, 5.74) is 0.0507. The highest BCUT2D eigenvalue weighted by Crippen LogP contribution is 2.47. The summed E-state index contributed by atoms with van der Waals surface area (Å²) in [6.07, 6.45) is 6.82. The molecule has 0 bridgehead atoms. The zero-order valence-electron chi connectivity index (χ0n) is 8.04. The zero-order valence-corrected chi connectivity index (χ0v) is 8.04. The Morgan fingerprint density at radius 1 is 1.46 bits per heavy atom. The Hall–Kier alpha value is -0.340. The minimum Gasteiger partial charge on any atom is -0.396 e. The molecule has 1 heterocycles. The van der Waals surface area contributed by atoms with Gasteiger partial charge in [-0.15, -0.1) is 6.58 Å². The predicted octanol–water partition coefficient (Wildman–Crippen LogP) is 1.74. The summed E-state index contributed by atoms with van der Waals surface area (Å²) in [7, 11) is 0. The first-order valence-corrected chi connectivity index (χ1v) is 5.20. The molecule has 2 heteroatoms. The van der Waals surface area contributed by atoms with Crippen LogP contribution in [-0.4, -0.2) is 23.9 Å². The lowest BCUT2D eigenvalue weighted by Gasteiger charge is -2.29. The Morgan fingerprint density at radius 2 is 2.15 bits per heavy atom. The second-order valence-corrected chi connectivity index (χ2v) is 4.29. The molecule has 2 atom stereocenters. The first-order valence-electron chi connectivity index (χ1n) is 5.20. The molecule has 1 aliphatic carbocycles. The van der Waals surface area contributed by atoms with Crippen LogP contribution in [0.4, 0.5) is 0 Å². The normalized spacial score (nSPS) is 37.0. The van der Waals surface area contributed by atoms with Gasteiger partial charge in [0.15, 0.2) is 0 Å². The van der Waals surface area contributed by atoms with E-state index < -0.39 is 0 Å². The van der Waals surface area contributed by atoms with Gasteiger partial charge in [-0.2, -0.15) is 0 Å². The van der Waals surface area contributed by atoms with Crippen LogP contribution in [0.1, 0.15) is 25.7 Å². The maximum absolute atomic E-state index is 9.18. The number of aliphatic hydroxyl groups is 1. The number of aliphatic hydroxyl groups excluding tert-OH is 1. The van der Waals surface area contributed by atoms with Gasteiger partial charge in [-0.1, -0.05) is 18.9 Å². The summed E-state index contributed by atoms with van der Waals surface area (Å²) in [6, 6.07) is 0. The summed E-state index contributed by atoms with van der Waals surface area (Å²) < 4.78 is 5.88. The molecule has 0 amide bonds. The molecule has 1 spiro atoms. The summed E-state index contributed by atoms with van der Waals surface area (Å²) in [5, 5.41) is 9.18. The average molecular weight is 182 g/mol. The SMILES string of the molecule is C=CC1C(CO)COC12CCCC2. The Morgan fingerprint density at radius 3 is 2.69 bits per heavy atom. The van der Waals surface area contributed by atoms with Crippen LogP contribution in [0.25, 0.3) is 0 Å². The second-order valence-electron chi connectivity index (χ2n) is 4.29. The van der Waals surface area contributed by atoms with Crippen molar-refractivity contribution in [3.63, 3.8) is 0 Å². The number of ether oxygens (including phenoxy) is 1. The van der Waals surface area contributed by atoms with Gasteiger partial charge in [0.1, 0.15) is 0 Å². The predicted molar refractivity (Wildman–Crippen MR) is 51.4 cm³/mol. The fourth-order valence-corrected chi connectivity index (χ4v) is 2.93. The van der Waals surface area contributed by atoms with E-state index in [2.05, 4.69) is 6.58 Å². The molecule has 1 aliphatic heterocycles. The molecule has 0 radical (unpaired) electrons. The largest absolute Gasteiger partial charge is 0.396 e. The van der Waals surface area contributed by atoms with Crippen molar-refractivity contribution in [3.05, 3.63) is 12.7 Å². The van der Waals surface area contributed by atoms with Crippen LogP contribution in [-0.2, 0) is 4.74 Å². The summed E-state index contributed by atoms with van der Waals surface area (Å²) in [4.78, 5) is 0. The molecular weight excluding hydrogens is 164 g/mol. The van der Waals surface area contributed by atoms with E-state index in [4.69, 9.17) is 4.74 Å². The minimum atomic E-state index is 0.0507. The van der Waals surface area contributed by atoms with E-state index >= 15 is 0 Å². The third-order valence-electron chi connectivity index (χ3n) is 3.64. The van der Waals surface area contributed by atoms with Crippen molar-refractivity contribution < 1.29 is 9.84 Å². The Labute approximate surface area is 79.6 Å². The van der Waals surface area contributed by atoms with E-state index in [0.29, 0.717) is 12.5 Å². The number of hydrogen-bond donors (Lipinski definition) is 1. The van der Waals surface area contributed by atoms with Gasteiger partial charge in [0, 0.05) is 18.4 Å². The van der Waals surface area contributed by atoms with Crippen LogP contribution >= 0.6 is 0 Å². The second kappa shape index (κ2) is 3.43. The van der Waals surface area contributed by atoms with Crippen molar-refractivity contribution in [3.8, 4) is 0 Å². The van der Waals surface area contributed by atoms with Crippen molar-refractivity contribution in [2.75, 3.05) is 13.2 Å². The summed E-state index contributed by atoms with van der Waals surface area (Å²) >= 11 is 0. The Bertz CT molecular complexity index is 194. The highest BCUT2D eigenvalue weighted by molar-refractivity contribution is 5.06. The van der Waals surface area contributed by atoms with Crippen LogP contribution in [0.3, 0.4) is 0 Å². The van der Waals surface area contributed by atoms with Crippen molar-refractivity contribution >= 4 is 0 Å². The quantitative estimate of drug-likeness (QED) is 0.659. The molecule has 74 valence electrons. The molecule has 1 saturated carbocycles. The average Bonchev–Trinajstić information content (AvgIpc) is 2.74. The fourth-order valence-electron chi connectivity index (χ4n) is 2.93. The smallest absolute Gasteiger partial charge is 0.0749 e. The van der Waals surface area contributed by atoms with Gasteiger partial charge >= 0.3 is 0 Å². The maximum Gasteiger partial charge on any atom is 0.0749 e. The highest BCUT2D eigenvalue weighted by Gasteiger charge is 2.49. The lowest BCUT2D eigenvalue weighted by molar-refractivity contribution is -0.00562. The summed E-state index contributed by atoms with van der Waals surface area (Å²) in [5.74, 6) is 0.663. The molecule has 1 saturated heterocycles. The third kappa shape index (κ3) is 1.32. The third-order valence-corrected chi connectivity index (χ3v) is 3.64. The van der Waals surface area contributed by atoms with Crippen LogP contribution in [0, 0.1) is 11.8 Å². The molecule has 2 unspecified atom stereocenters. The molecule has 2 fully saturated rings. The molecule has 0 aromatic heterocycles. The highest BCUT2D eigenvalue weighted by atomic mass is 16.5. The van der Waals surface area contributed by atoms with Crippen LogP contribution < -0.4 is 0 Å². The van der Waals surface area contributed by atoms with E-state index in [1.54, 1.807) is 0 Å². The lowest BCUT2D eigenvalue weighted by atomic mass is 9.80. The van der Waals surface area contributed by atoms with Gasteiger partial charge in [-0.3, -0.25) is 0 Å². The summed E-state index contributed by atoms with van der Waals surface area (Å²) in [6.45, 7) is 4.82.